The van der Waals surface area contributed by atoms with E-state index >= 15 is 0 Å². The van der Waals surface area contributed by atoms with E-state index in [-0.39, 0.29) is 5.41 Å². The molecule has 0 spiro atoms. The number of rotatable bonds is 3. The van der Waals surface area contributed by atoms with Crippen LogP contribution in [0.15, 0.2) is 164 Å². The van der Waals surface area contributed by atoms with E-state index in [1.165, 1.54) is 88.5 Å². The smallest absolute Gasteiger partial charge is 0.0645 e. The van der Waals surface area contributed by atoms with Crippen molar-refractivity contribution in [2.75, 3.05) is 4.90 Å². The topological polar surface area (TPSA) is 21.1 Å². The fourth-order valence-corrected chi connectivity index (χ4v) is 9.10. The summed E-state index contributed by atoms with van der Waals surface area (Å²) in [7, 11) is 0. The van der Waals surface area contributed by atoms with Crippen LogP contribution in [0.1, 0.15) is 25.0 Å². The van der Waals surface area contributed by atoms with Crippen molar-refractivity contribution in [3.63, 3.8) is 0 Å². The van der Waals surface area contributed by atoms with E-state index in [1.807, 2.05) is 18.5 Å². The second-order valence-electron chi connectivity index (χ2n) is 14.4. The van der Waals surface area contributed by atoms with Gasteiger partial charge in [0.05, 0.1) is 34.3 Å². The Kier molecular flexibility index (Phi) is 5.73. The van der Waals surface area contributed by atoms with Crippen molar-refractivity contribution in [2.24, 2.45) is 0 Å². The largest absolute Gasteiger partial charge is 0.309 e. The molecule has 0 saturated heterocycles. The molecule has 0 fully saturated rings. The molecule has 0 unspecified atom stereocenters. The van der Waals surface area contributed by atoms with Gasteiger partial charge < -0.3 is 9.47 Å². The molecule has 11 rings (SSSR count). The zero-order chi connectivity index (χ0) is 33.8. The standard InChI is InChI=1S/C48H33N3/c1-48(2)40-19-5-3-16-35(40)39-28-32(22-24-41(39)48)31-13-7-14-33(27-31)50-42-20-6-4-17-38(42)46-44(50)25-23-37-36-18-8-11-30-12-9-21-43(45(30)36)51(47(37)46)34-15-10-26-49-29-34/h3-29H,1-2H3. The molecular weight excluding hydrogens is 619 g/mol. The van der Waals surface area contributed by atoms with E-state index in [1.54, 1.807) is 0 Å². The van der Waals surface area contributed by atoms with Gasteiger partial charge in [0.1, 0.15) is 0 Å². The van der Waals surface area contributed by atoms with E-state index in [0.29, 0.717) is 0 Å². The average molecular weight is 652 g/mol. The molecule has 0 amide bonds. The van der Waals surface area contributed by atoms with E-state index < -0.39 is 0 Å². The number of pyridine rings is 1. The zero-order valence-electron chi connectivity index (χ0n) is 28.4. The Bertz CT molecular complexity index is 2890. The van der Waals surface area contributed by atoms with Crippen LogP contribution in [-0.4, -0.2) is 9.55 Å². The van der Waals surface area contributed by atoms with E-state index in [0.717, 1.165) is 11.4 Å². The third-order valence-electron chi connectivity index (χ3n) is 11.4. The summed E-state index contributed by atoms with van der Waals surface area (Å²) >= 11 is 0. The molecule has 0 bridgehead atoms. The van der Waals surface area contributed by atoms with Gasteiger partial charge >= 0.3 is 0 Å². The number of benzene rings is 7. The van der Waals surface area contributed by atoms with Crippen molar-refractivity contribution in [2.45, 2.75) is 19.3 Å². The quantitative estimate of drug-likeness (QED) is 0.190. The Morgan fingerprint density at radius 2 is 1.27 bits per heavy atom. The molecule has 3 heterocycles. The van der Waals surface area contributed by atoms with Crippen molar-refractivity contribution in [1.82, 2.24) is 9.55 Å². The molecule has 3 nitrogen and oxygen atoms in total. The Morgan fingerprint density at radius 1 is 0.510 bits per heavy atom. The summed E-state index contributed by atoms with van der Waals surface area (Å²) in [4.78, 5) is 7.01. The second kappa shape index (κ2) is 10.3. The van der Waals surface area contributed by atoms with Gasteiger partial charge in [-0.3, -0.25) is 4.98 Å². The maximum atomic E-state index is 4.58. The minimum atomic E-state index is -0.00977. The first kappa shape index (κ1) is 28.4. The van der Waals surface area contributed by atoms with Crippen LogP contribution in [0.3, 0.4) is 0 Å². The molecule has 51 heavy (non-hydrogen) atoms. The van der Waals surface area contributed by atoms with Crippen molar-refractivity contribution >= 4 is 49.6 Å². The third-order valence-corrected chi connectivity index (χ3v) is 11.4. The molecule has 7 aromatic carbocycles. The molecular formula is C48H33N3. The van der Waals surface area contributed by atoms with Crippen molar-refractivity contribution in [3.05, 3.63) is 175 Å². The number of hydrogen-bond donors (Lipinski definition) is 0. The van der Waals surface area contributed by atoms with Crippen LogP contribution in [0, 0.1) is 0 Å². The summed E-state index contributed by atoms with van der Waals surface area (Å²) in [5.41, 5.74) is 17.3. The lowest BCUT2D eigenvalue weighted by molar-refractivity contribution is 0.660. The highest BCUT2D eigenvalue weighted by atomic mass is 15.2. The first-order valence-corrected chi connectivity index (χ1v) is 17.7. The summed E-state index contributed by atoms with van der Waals surface area (Å²) in [5.74, 6) is 0. The lowest BCUT2D eigenvalue weighted by atomic mass is 9.82. The molecule has 0 N–H and O–H groups in total. The summed E-state index contributed by atoms with van der Waals surface area (Å²) in [5, 5.41) is 4.97. The van der Waals surface area contributed by atoms with Gasteiger partial charge in [-0.05, 0) is 92.9 Å². The van der Waals surface area contributed by atoms with Crippen molar-refractivity contribution in [1.29, 1.82) is 0 Å². The first-order chi connectivity index (χ1) is 25.1. The number of para-hydroxylation sites is 1. The maximum Gasteiger partial charge on any atom is 0.0645 e. The number of anilines is 3. The Labute approximate surface area is 296 Å². The van der Waals surface area contributed by atoms with Crippen LogP contribution in [0.25, 0.3) is 71.6 Å². The second-order valence-corrected chi connectivity index (χ2v) is 14.4. The Morgan fingerprint density at radius 3 is 2.18 bits per heavy atom. The highest BCUT2D eigenvalue weighted by Gasteiger charge is 2.35. The molecule has 3 heteroatoms. The lowest BCUT2D eigenvalue weighted by Gasteiger charge is -2.34. The van der Waals surface area contributed by atoms with Crippen LogP contribution in [0.2, 0.25) is 0 Å². The minimum Gasteiger partial charge on any atom is -0.309 e. The highest BCUT2D eigenvalue weighted by molar-refractivity contribution is 6.24. The van der Waals surface area contributed by atoms with E-state index in [2.05, 4.69) is 174 Å². The Hall–Kier alpha value is -6.45. The van der Waals surface area contributed by atoms with Crippen molar-refractivity contribution in [3.8, 4) is 39.1 Å². The summed E-state index contributed by atoms with van der Waals surface area (Å²) in [6, 6.07) is 56.0. The lowest BCUT2D eigenvalue weighted by Crippen LogP contribution is -2.15. The highest BCUT2D eigenvalue weighted by Crippen LogP contribution is 2.55. The average Bonchev–Trinajstić information content (AvgIpc) is 3.64. The molecule has 2 aromatic heterocycles. The van der Waals surface area contributed by atoms with E-state index in [9.17, 15) is 0 Å². The van der Waals surface area contributed by atoms with Gasteiger partial charge in [-0.1, -0.05) is 117 Å². The monoisotopic (exact) mass is 651 g/mol. The van der Waals surface area contributed by atoms with Gasteiger partial charge in [0, 0.05) is 39.0 Å². The molecule has 2 aliphatic rings. The predicted octanol–water partition coefficient (Wildman–Crippen LogP) is 12.8. The molecule has 9 aromatic rings. The number of hydrogen-bond acceptors (Lipinski definition) is 2. The summed E-state index contributed by atoms with van der Waals surface area (Å²) < 4.78 is 2.45. The van der Waals surface area contributed by atoms with Crippen LogP contribution in [0.4, 0.5) is 17.1 Å². The Balaban J connectivity index is 1.16. The van der Waals surface area contributed by atoms with Gasteiger partial charge in [0.15, 0.2) is 0 Å². The molecule has 1 aliphatic carbocycles. The molecule has 0 saturated carbocycles. The van der Waals surface area contributed by atoms with Crippen LogP contribution in [0.5, 0.6) is 0 Å². The van der Waals surface area contributed by atoms with Crippen LogP contribution >= 0.6 is 0 Å². The number of aromatic nitrogens is 2. The van der Waals surface area contributed by atoms with Gasteiger partial charge in [0.2, 0.25) is 0 Å². The minimum absolute atomic E-state index is 0.00977. The van der Waals surface area contributed by atoms with Crippen LogP contribution < -0.4 is 4.90 Å². The molecule has 240 valence electrons. The zero-order valence-corrected chi connectivity index (χ0v) is 28.4. The predicted molar refractivity (Wildman–Crippen MR) is 213 cm³/mol. The first-order valence-electron chi connectivity index (χ1n) is 17.7. The molecule has 0 radical (unpaired) electrons. The fraction of sp³-hybridized carbons (Fsp3) is 0.0625. The fourth-order valence-electron chi connectivity index (χ4n) is 9.10. The van der Waals surface area contributed by atoms with Gasteiger partial charge in [-0.2, -0.15) is 0 Å². The van der Waals surface area contributed by atoms with Crippen LogP contribution in [-0.2, 0) is 5.41 Å². The molecule has 0 atom stereocenters. The molecule has 1 aliphatic heterocycles. The number of nitrogens with zero attached hydrogens (tertiary/aromatic N) is 3. The summed E-state index contributed by atoms with van der Waals surface area (Å²) in [6.07, 6.45) is 3.83. The van der Waals surface area contributed by atoms with E-state index in [4.69, 9.17) is 0 Å². The van der Waals surface area contributed by atoms with Gasteiger partial charge in [0.25, 0.3) is 0 Å². The summed E-state index contributed by atoms with van der Waals surface area (Å²) in [6.45, 7) is 4.68. The van der Waals surface area contributed by atoms with Gasteiger partial charge in [-0.15, -0.1) is 0 Å². The normalized spacial score (nSPS) is 13.8. The van der Waals surface area contributed by atoms with Gasteiger partial charge in [-0.25, -0.2) is 0 Å². The maximum absolute atomic E-state index is 4.58. The van der Waals surface area contributed by atoms with Crippen molar-refractivity contribution < 1.29 is 0 Å². The SMILES string of the molecule is CC1(C)c2ccccc2-c2cc(-c3cccc(-n4c5ccccc5c5c6c(ccc54)-c4cccc5cccc(c45)N6c4cccnc4)c3)ccc21. The third kappa shape index (κ3) is 3.86. The number of fused-ring (bicyclic) bond motifs is 9.